The van der Waals surface area contributed by atoms with E-state index in [1.165, 1.54) is 13.2 Å². The van der Waals surface area contributed by atoms with Crippen LogP contribution in [0.1, 0.15) is 12.5 Å². The third-order valence-corrected chi connectivity index (χ3v) is 3.03. The summed E-state index contributed by atoms with van der Waals surface area (Å²) in [5, 5.41) is 21.1. The zero-order valence-corrected chi connectivity index (χ0v) is 11.2. The Morgan fingerprint density at radius 2 is 2.21 bits per heavy atom. The summed E-state index contributed by atoms with van der Waals surface area (Å²) in [4.78, 5) is 11.0. The molecule has 0 bridgehead atoms. The lowest BCUT2D eigenvalue weighted by Gasteiger charge is -2.20. The fourth-order valence-corrected chi connectivity index (χ4v) is 1.72. The van der Waals surface area contributed by atoms with Gasteiger partial charge in [0.15, 0.2) is 0 Å². The lowest BCUT2D eigenvalue weighted by molar-refractivity contribution is -0.142. The summed E-state index contributed by atoms with van der Waals surface area (Å²) in [7, 11) is 1.40. The Morgan fingerprint density at radius 1 is 1.58 bits per heavy atom. The van der Waals surface area contributed by atoms with E-state index < -0.39 is 23.9 Å². The Labute approximate surface area is 115 Å². The maximum absolute atomic E-state index is 13.0. The van der Waals surface area contributed by atoms with E-state index in [-0.39, 0.29) is 17.3 Å². The minimum atomic E-state index is -1.08. The van der Waals surface area contributed by atoms with Crippen molar-refractivity contribution in [1.82, 2.24) is 5.32 Å². The lowest BCUT2D eigenvalue weighted by atomic mass is 10.1. The summed E-state index contributed by atoms with van der Waals surface area (Å²) < 4.78 is 18.0. The van der Waals surface area contributed by atoms with Crippen LogP contribution in [0.4, 0.5) is 4.39 Å². The van der Waals surface area contributed by atoms with Crippen molar-refractivity contribution in [3.8, 4) is 5.75 Å². The van der Waals surface area contributed by atoms with Gasteiger partial charge in [-0.3, -0.25) is 10.1 Å². The Morgan fingerprint density at radius 3 is 2.74 bits per heavy atom. The van der Waals surface area contributed by atoms with Gasteiger partial charge in [0.05, 0.1) is 11.1 Å². The van der Waals surface area contributed by atoms with Crippen molar-refractivity contribution in [2.45, 2.75) is 25.6 Å². The highest BCUT2D eigenvalue weighted by Gasteiger charge is 2.24. The molecule has 1 aromatic rings. The molecule has 0 aliphatic heterocycles. The van der Waals surface area contributed by atoms with Gasteiger partial charge >= 0.3 is 5.97 Å². The molecule has 0 aromatic heterocycles. The van der Waals surface area contributed by atoms with Crippen molar-refractivity contribution in [2.24, 2.45) is 0 Å². The van der Waals surface area contributed by atoms with E-state index in [9.17, 15) is 14.3 Å². The van der Waals surface area contributed by atoms with E-state index in [0.29, 0.717) is 5.56 Å². The number of phenolic OH excluding ortho intramolecular Hbond substituents is 1. The zero-order chi connectivity index (χ0) is 14.6. The fraction of sp³-hybridized carbons (Fsp3) is 0.417. The third kappa shape index (κ3) is 4.05. The van der Waals surface area contributed by atoms with Crippen LogP contribution < -0.4 is 5.32 Å². The standard InChI is InChI=1S/C12H15ClFNO4/c1-6(19-2)11(12(17)18)15-5-7-3-8(13)9(14)4-10(7)16/h3-4,6,11,15-16H,5H2,1-2H3,(H,17,18)/t6-,11+/m1/s1. The molecule has 19 heavy (non-hydrogen) atoms. The number of hydrogen-bond acceptors (Lipinski definition) is 4. The normalized spacial score (nSPS) is 14.1. The largest absolute Gasteiger partial charge is 0.508 e. The molecule has 2 atom stereocenters. The molecule has 1 aromatic carbocycles. The quantitative estimate of drug-likeness (QED) is 0.744. The van der Waals surface area contributed by atoms with Gasteiger partial charge in [0.25, 0.3) is 0 Å². The molecule has 0 saturated carbocycles. The van der Waals surface area contributed by atoms with Gasteiger partial charge in [0.1, 0.15) is 17.6 Å². The highest BCUT2D eigenvalue weighted by atomic mass is 35.5. The molecule has 0 heterocycles. The number of hydrogen-bond donors (Lipinski definition) is 3. The van der Waals surface area contributed by atoms with E-state index in [2.05, 4.69) is 5.32 Å². The van der Waals surface area contributed by atoms with Gasteiger partial charge < -0.3 is 14.9 Å². The van der Waals surface area contributed by atoms with Crippen LogP contribution >= 0.6 is 11.6 Å². The van der Waals surface area contributed by atoms with Gasteiger partial charge in [-0.05, 0) is 13.0 Å². The average Bonchev–Trinajstić information content (AvgIpc) is 2.34. The molecule has 0 spiro atoms. The highest BCUT2D eigenvalue weighted by Crippen LogP contribution is 2.25. The minimum Gasteiger partial charge on any atom is -0.508 e. The van der Waals surface area contributed by atoms with E-state index >= 15 is 0 Å². The van der Waals surface area contributed by atoms with Gasteiger partial charge in [-0.15, -0.1) is 0 Å². The number of carboxylic acids is 1. The summed E-state index contributed by atoms with van der Waals surface area (Å²) in [6.07, 6.45) is -0.560. The summed E-state index contributed by atoms with van der Waals surface area (Å²) in [5.41, 5.74) is 0.306. The first kappa shape index (κ1) is 15.7. The molecule has 0 saturated heterocycles. The molecule has 7 heteroatoms. The van der Waals surface area contributed by atoms with Crippen molar-refractivity contribution in [1.29, 1.82) is 0 Å². The number of aromatic hydroxyl groups is 1. The van der Waals surface area contributed by atoms with E-state index in [4.69, 9.17) is 21.4 Å². The van der Waals surface area contributed by atoms with Crippen LogP contribution in [-0.2, 0) is 16.1 Å². The summed E-state index contributed by atoms with van der Waals surface area (Å²) in [6, 6.07) is 1.18. The van der Waals surface area contributed by atoms with Crippen LogP contribution in [0, 0.1) is 5.82 Å². The van der Waals surface area contributed by atoms with Crippen LogP contribution in [0.2, 0.25) is 5.02 Å². The van der Waals surface area contributed by atoms with Crippen molar-refractivity contribution in [3.63, 3.8) is 0 Å². The molecule has 0 unspecified atom stereocenters. The number of rotatable bonds is 6. The van der Waals surface area contributed by atoms with E-state index in [0.717, 1.165) is 6.07 Å². The minimum absolute atomic E-state index is 0.0243. The van der Waals surface area contributed by atoms with Crippen LogP contribution in [0.3, 0.4) is 0 Å². The first-order chi connectivity index (χ1) is 8.86. The molecule has 0 amide bonds. The smallest absolute Gasteiger partial charge is 0.323 e. The molecular weight excluding hydrogens is 277 g/mol. The summed E-state index contributed by atoms with van der Waals surface area (Å²) >= 11 is 5.60. The second-order valence-electron chi connectivity index (χ2n) is 4.03. The first-order valence-electron chi connectivity index (χ1n) is 5.52. The molecule has 3 N–H and O–H groups in total. The molecular formula is C12H15ClFNO4. The Kier molecular flexibility index (Phi) is 5.53. The second-order valence-corrected chi connectivity index (χ2v) is 4.44. The first-order valence-corrected chi connectivity index (χ1v) is 5.90. The predicted molar refractivity (Wildman–Crippen MR) is 67.8 cm³/mol. The number of phenols is 1. The van der Waals surface area contributed by atoms with Crippen molar-refractivity contribution in [2.75, 3.05) is 7.11 Å². The van der Waals surface area contributed by atoms with Crippen LogP contribution in [0.5, 0.6) is 5.75 Å². The molecule has 5 nitrogen and oxygen atoms in total. The van der Waals surface area contributed by atoms with Crippen molar-refractivity contribution >= 4 is 17.6 Å². The van der Waals surface area contributed by atoms with Crippen molar-refractivity contribution in [3.05, 3.63) is 28.5 Å². The molecule has 0 radical (unpaired) electrons. The number of carboxylic acid groups (broad SMARTS) is 1. The number of methoxy groups -OCH3 is 1. The highest BCUT2D eigenvalue weighted by molar-refractivity contribution is 6.30. The Hall–Kier alpha value is -1.37. The number of aliphatic carboxylic acids is 1. The second kappa shape index (κ2) is 6.70. The van der Waals surface area contributed by atoms with Gasteiger partial charge in [-0.1, -0.05) is 11.6 Å². The van der Waals surface area contributed by atoms with Gasteiger partial charge in [0, 0.05) is 25.3 Å². The number of ether oxygens (including phenoxy) is 1. The summed E-state index contributed by atoms with van der Waals surface area (Å²) in [6.45, 7) is 1.62. The van der Waals surface area contributed by atoms with Gasteiger partial charge in [-0.25, -0.2) is 4.39 Å². The van der Waals surface area contributed by atoms with Crippen LogP contribution in [-0.4, -0.2) is 35.4 Å². The van der Waals surface area contributed by atoms with Crippen LogP contribution in [0.25, 0.3) is 0 Å². The maximum atomic E-state index is 13.0. The molecule has 1 rings (SSSR count). The Balaban J connectivity index is 2.80. The third-order valence-electron chi connectivity index (χ3n) is 2.74. The number of nitrogens with one attached hydrogen (secondary N) is 1. The average molecular weight is 292 g/mol. The van der Waals surface area contributed by atoms with Gasteiger partial charge in [-0.2, -0.15) is 0 Å². The maximum Gasteiger partial charge on any atom is 0.323 e. The van der Waals surface area contributed by atoms with Crippen LogP contribution in [0.15, 0.2) is 12.1 Å². The van der Waals surface area contributed by atoms with Crippen molar-refractivity contribution < 1.29 is 24.1 Å². The lowest BCUT2D eigenvalue weighted by Crippen LogP contribution is -2.45. The molecule has 106 valence electrons. The van der Waals surface area contributed by atoms with E-state index in [1.807, 2.05) is 0 Å². The molecule has 0 fully saturated rings. The zero-order valence-electron chi connectivity index (χ0n) is 10.5. The monoisotopic (exact) mass is 291 g/mol. The number of halogens is 2. The van der Waals surface area contributed by atoms with Gasteiger partial charge in [0.2, 0.25) is 0 Å². The molecule has 0 aliphatic rings. The number of carbonyl (C=O) groups is 1. The topological polar surface area (TPSA) is 78.8 Å². The SMILES string of the molecule is CO[C@H](C)[C@H](NCc1cc(Cl)c(F)cc1O)C(=O)O. The van der Waals surface area contributed by atoms with E-state index in [1.54, 1.807) is 6.92 Å². The Bertz CT molecular complexity index is 469. The predicted octanol–water partition coefficient (Wildman–Crippen LogP) is 1.76. The fourth-order valence-electron chi connectivity index (χ4n) is 1.53. The molecule has 0 aliphatic carbocycles. The number of benzene rings is 1. The summed E-state index contributed by atoms with van der Waals surface area (Å²) in [5.74, 6) is -2.10.